The summed E-state index contributed by atoms with van der Waals surface area (Å²) in [5.41, 5.74) is 2.98. The van der Waals surface area contributed by atoms with Crippen LogP contribution in [0.15, 0.2) is 114 Å². The van der Waals surface area contributed by atoms with Crippen LogP contribution in [0.3, 0.4) is 0 Å². The Bertz CT molecular complexity index is 1500. The molecule has 7 nitrogen and oxygen atoms in total. The molecule has 8 heteroatoms. The third-order valence-corrected chi connectivity index (χ3v) is 6.90. The van der Waals surface area contributed by atoms with Gasteiger partial charge in [-0.25, -0.2) is 0 Å². The van der Waals surface area contributed by atoms with E-state index in [0.717, 1.165) is 40.1 Å². The van der Waals surface area contributed by atoms with Gasteiger partial charge in [-0.3, -0.25) is 4.98 Å². The van der Waals surface area contributed by atoms with Crippen LogP contribution in [0.25, 0.3) is 0 Å². The first-order valence-electron chi connectivity index (χ1n) is 12.3. The predicted octanol–water partition coefficient (Wildman–Crippen LogP) is 6.50. The van der Waals surface area contributed by atoms with Gasteiger partial charge in [-0.05, 0) is 97.1 Å². The molecule has 4 heterocycles. The SMILES string of the molecule is COc1ccc(Oc2ccc(N3C(=S)N[C@@H](c4ccccn4)[C@H]3c3cccn3Cc3ccco3)cc2)cc1. The second-order valence-electron chi connectivity index (χ2n) is 8.91. The van der Waals surface area contributed by atoms with Crippen molar-refractivity contribution < 1.29 is 13.9 Å². The van der Waals surface area contributed by atoms with E-state index < -0.39 is 0 Å². The normalized spacial score (nSPS) is 16.9. The molecular weight excluding hydrogens is 496 g/mol. The largest absolute Gasteiger partial charge is 0.497 e. The van der Waals surface area contributed by atoms with Crippen LogP contribution in [0, 0.1) is 0 Å². The van der Waals surface area contributed by atoms with E-state index in [-0.39, 0.29) is 12.1 Å². The highest BCUT2D eigenvalue weighted by atomic mass is 32.1. The summed E-state index contributed by atoms with van der Waals surface area (Å²) in [6.07, 6.45) is 5.58. The number of pyridine rings is 1. The molecule has 6 rings (SSSR count). The number of furan rings is 1. The Morgan fingerprint density at radius 1 is 0.895 bits per heavy atom. The molecular formula is C30H26N4O3S. The molecule has 1 aliphatic heterocycles. The molecule has 0 bridgehead atoms. The number of ether oxygens (including phenoxy) is 2. The lowest BCUT2D eigenvalue weighted by Gasteiger charge is -2.29. The Balaban J connectivity index is 1.33. The van der Waals surface area contributed by atoms with Gasteiger partial charge >= 0.3 is 0 Å². The first-order chi connectivity index (χ1) is 18.7. The molecule has 0 saturated carbocycles. The fourth-order valence-corrected chi connectivity index (χ4v) is 5.14. The molecule has 1 aliphatic rings. The van der Waals surface area contributed by atoms with Crippen LogP contribution in [0.4, 0.5) is 5.69 Å². The van der Waals surface area contributed by atoms with Crippen molar-refractivity contribution in [2.24, 2.45) is 0 Å². The highest BCUT2D eigenvalue weighted by molar-refractivity contribution is 7.80. The van der Waals surface area contributed by atoms with E-state index in [9.17, 15) is 0 Å². The predicted molar refractivity (Wildman–Crippen MR) is 150 cm³/mol. The molecule has 1 N–H and O–H groups in total. The van der Waals surface area contributed by atoms with Gasteiger partial charge in [-0.1, -0.05) is 6.07 Å². The molecule has 2 aromatic carbocycles. The summed E-state index contributed by atoms with van der Waals surface area (Å²) in [5.74, 6) is 3.14. The van der Waals surface area contributed by atoms with Crippen LogP contribution >= 0.6 is 12.2 Å². The van der Waals surface area contributed by atoms with E-state index in [1.165, 1.54) is 0 Å². The van der Waals surface area contributed by atoms with E-state index in [0.29, 0.717) is 11.7 Å². The van der Waals surface area contributed by atoms with Crippen LogP contribution in [0.1, 0.15) is 29.2 Å². The molecule has 0 spiro atoms. The van der Waals surface area contributed by atoms with Crippen molar-refractivity contribution in [3.63, 3.8) is 0 Å². The van der Waals surface area contributed by atoms with Crippen molar-refractivity contribution >= 4 is 23.0 Å². The fraction of sp³-hybridized carbons (Fsp3) is 0.133. The van der Waals surface area contributed by atoms with E-state index in [2.05, 4.69) is 38.1 Å². The van der Waals surface area contributed by atoms with Gasteiger partial charge < -0.3 is 28.7 Å². The molecule has 3 aromatic heterocycles. The summed E-state index contributed by atoms with van der Waals surface area (Å²) >= 11 is 5.89. The monoisotopic (exact) mass is 522 g/mol. The van der Waals surface area contributed by atoms with Gasteiger partial charge in [-0.15, -0.1) is 0 Å². The lowest BCUT2D eigenvalue weighted by atomic mass is 10.0. The minimum atomic E-state index is -0.135. The van der Waals surface area contributed by atoms with Crippen LogP contribution in [-0.2, 0) is 6.54 Å². The maximum Gasteiger partial charge on any atom is 0.174 e. The number of aromatic nitrogens is 2. The number of methoxy groups -OCH3 is 1. The average Bonchev–Trinajstić information content (AvgIpc) is 3.71. The summed E-state index contributed by atoms with van der Waals surface area (Å²) in [5, 5.41) is 4.16. The second kappa shape index (κ2) is 10.4. The van der Waals surface area contributed by atoms with Crippen molar-refractivity contribution in [2.45, 2.75) is 18.6 Å². The molecule has 38 heavy (non-hydrogen) atoms. The molecule has 0 radical (unpaired) electrons. The highest BCUT2D eigenvalue weighted by Gasteiger charge is 2.42. The van der Waals surface area contributed by atoms with Crippen LogP contribution in [-0.4, -0.2) is 21.8 Å². The number of thiocarbonyl (C=S) groups is 1. The number of hydrogen-bond acceptors (Lipinski definition) is 5. The van der Waals surface area contributed by atoms with Crippen molar-refractivity contribution in [1.29, 1.82) is 0 Å². The molecule has 0 amide bonds. The van der Waals surface area contributed by atoms with Gasteiger partial charge in [0.2, 0.25) is 0 Å². The number of hydrogen-bond donors (Lipinski definition) is 1. The molecule has 2 atom stereocenters. The zero-order chi connectivity index (χ0) is 25.9. The Morgan fingerprint density at radius 3 is 2.34 bits per heavy atom. The summed E-state index contributed by atoms with van der Waals surface area (Å²) in [7, 11) is 1.64. The van der Waals surface area contributed by atoms with E-state index in [4.69, 9.17) is 26.1 Å². The van der Waals surface area contributed by atoms with Crippen molar-refractivity contribution in [3.8, 4) is 17.2 Å². The Labute approximate surface area is 226 Å². The summed E-state index contributed by atoms with van der Waals surface area (Å²) in [6, 6.07) is 29.2. The topological polar surface area (TPSA) is 64.7 Å². The third kappa shape index (κ3) is 4.73. The maximum atomic E-state index is 6.04. The van der Waals surface area contributed by atoms with E-state index in [1.54, 1.807) is 13.4 Å². The van der Waals surface area contributed by atoms with Gasteiger partial charge in [-0.2, -0.15) is 0 Å². The fourth-order valence-electron chi connectivity index (χ4n) is 4.80. The zero-order valence-corrected chi connectivity index (χ0v) is 21.5. The first kappa shape index (κ1) is 23.8. The van der Waals surface area contributed by atoms with E-state index >= 15 is 0 Å². The summed E-state index contributed by atoms with van der Waals surface area (Å²) in [6.45, 7) is 0.621. The van der Waals surface area contributed by atoms with Crippen molar-refractivity contribution in [1.82, 2.24) is 14.9 Å². The number of rotatable bonds is 8. The number of nitrogens with zero attached hydrogens (tertiary/aromatic N) is 3. The Morgan fingerprint density at radius 2 is 1.66 bits per heavy atom. The first-order valence-corrected chi connectivity index (χ1v) is 12.7. The van der Waals surface area contributed by atoms with Crippen LogP contribution in [0.5, 0.6) is 17.2 Å². The van der Waals surface area contributed by atoms with Gasteiger partial charge in [0, 0.05) is 23.8 Å². The van der Waals surface area contributed by atoms with Crippen LogP contribution in [0.2, 0.25) is 0 Å². The van der Waals surface area contributed by atoms with Crippen molar-refractivity contribution in [3.05, 3.63) is 127 Å². The zero-order valence-electron chi connectivity index (χ0n) is 20.7. The minimum Gasteiger partial charge on any atom is -0.497 e. The van der Waals surface area contributed by atoms with Crippen molar-refractivity contribution in [2.75, 3.05) is 12.0 Å². The molecule has 190 valence electrons. The number of benzene rings is 2. The van der Waals surface area contributed by atoms with Crippen LogP contribution < -0.4 is 19.7 Å². The molecule has 5 aromatic rings. The van der Waals surface area contributed by atoms with Gasteiger partial charge in [0.25, 0.3) is 0 Å². The van der Waals surface area contributed by atoms with Gasteiger partial charge in [0.05, 0.1) is 31.7 Å². The maximum absolute atomic E-state index is 6.04. The average molecular weight is 523 g/mol. The Kier molecular flexibility index (Phi) is 6.54. The highest BCUT2D eigenvalue weighted by Crippen LogP contribution is 2.42. The minimum absolute atomic E-state index is 0.129. The van der Waals surface area contributed by atoms with Gasteiger partial charge in [0.15, 0.2) is 5.11 Å². The smallest absolute Gasteiger partial charge is 0.174 e. The molecule has 1 fully saturated rings. The summed E-state index contributed by atoms with van der Waals surface area (Å²) < 4.78 is 19.1. The lowest BCUT2D eigenvalue weighted by Crippen LogP contribution is -2.30. The lowest BCUT2D eigenvalue weighted by molar-refractivity contribution is 0.413. The van der Waals surface area contributed by atoms with E-state index in [1.807, 2.05) is 85.1 Å². The number of anilines is 1. The third-order valence-electron chi connectivity index (χ3n) is 6.58. The number of nitrogens with one attached hydrogen (secondary N) is 1. The standard InChI is InChI=1S/C30H26N4O3S/c1-35-22-13-15-24(16-14-22)37-23-11-9-21(10-12-23)34-29(28(32-30(34)38)26-7-2-3-17-31-26)27-8-4-18-33(27)20-25-6-5-19-36-25/h2-19,28-29H,20H2,1H3,(H,32,38)/t28-,29+/m0/s1. The Hall–Kier alpha value is -4.56. The van der Waals surface area contributed by atoms with Gasteiger partial charge in [0.1, 0.15) is 29.1 Å². The quantitative estimate of drug-likeness (QED) is 0.233. The molecule has 0 unspecified atom stereocenters. The second-order valence-corrected chi connectivity index (χ2v) is 9.30. The summed E-state index contributed by atoms with van der Waals surface area (Å²) in [4.78, 5) is 6.81. The molecule has 1 saturated heterocycles. The molecule has 0 aliphatic carbocycles.